The summed E-state index contributed by atoms with van der Waals surface area (Å²) in [6, 6.07) is 13.8. The van der Waals surface area contributed by atoms with Crippen molar-refractivity contribution in [3.8, 4) is 0 Å². The molecule has 2 aromatic heterocycles. The van der Waals surface area contributed by atoms with Crippen LogP contribution in [0.15, 0.2) is 48.7 Å². The Bertz CT molecular complexity index is 977. The van der Waals surface area contributed by atoms with E-state index >= 15 is 0 Å². The molecule has 1 saturated heterocycles. The van der Waals surface area contributed by atoms with Crippen molar-refractivity contribution >= 4 is 22.9 Å². The van der Waals surface area contributed by atoms with Gasteiger partial charge in [-0.15, -0.1) is 0 Å². The van der Waals surface area contributed by atoms with E-state index in [-0.39, 0.29) is 12.1 Å². The van der Waals surface area contributed by atoms with Crippen LogP contribution < -0.4 is 5.32 Å². The Morgan fingerprint density at radius 1 is 1.04 bits per heavy atom. The minimum atomic E-state index is -0.0338. The second-order valence-electron chi connectivity index (χ2n) is 7.85. The number of carbonyl (C=O) groups is 1. The molecule has 1 aliphatic heterocycles. The number of para-hydroxylation sites is 1. The highest BCUT2D eigenvalue weighted by Gasteiger charge is 2.33. The second kappa shape index (κ2) is 7.26. The summed E-state index contributed by atoms with van der Waals surface area (Å²) in [4.78, 5) is 24.2. The highest BCUT2D eigenvalue weighted by atomic mass is 16.2. The molecule has 1 unspecified atom stereocenters. The first-order valence-electron chi connectivity index (χ1n) is 10.2. The molecule has 6 heteroatoms. The van der Waals surface area contributed by atoms with Gasteiger partial charge in [-0.25, -0.2) is 14.8 Å². The largest absolute Gasteiger partial charge is 0.322 e. The lowest BCUT2D eigenvalue weighted by Crippen LogP contribution is -2.33. The van der Waals surface area contributed by atoms with Gasteiger partial charge in [0.2, 0.25) is 0 Å². The number of nitrogens with one attached hydrogen (secondary N) is 1. The highest BCUT2D eigenvalue weighted by Crippen LogP contribution is 2.38. The summed E-state index contributed by atoms with van der Waals surface area (Å²) >= 11 is 0. The van der Waals surface area contributed by atoms with E-state index in [1.807, 2.05) is 53.6 Å². The summed E-state index contributed by atoms with van der Waals surface area (Å²) in [5, 5.41) is 3.00. The molecule has 2 amide bonds. The molecule has 0 radical (unpaired) electrons. The molecule has 1 saturated carbocycles. The van der Waals surface area contributed by atoms with E-state index in [2.05, 4.69) is 14.9 Å². The number of pyridine rings is 1. The second-order valence-corrected chi connectivity index (χ2v) is 7.85. The molecule has 1 N–H and O–H groups in total. The van der Waals surface area contributed by atoms with Crippen LogP contribution in [0.3, 0.4) is 0 Å². The number of amides is 2. The van der Waals surface area contributed by atoms with E-state index in [0.717, 1.165) is 29.8 Å². The first-order chi connectivity index (χ1) is 13.8. The van der Waals surface area contributed by atoms with Crippen LogP contribution in [0.2, 0.25) is 0 Å². The van der Waals surface area contributed by atoms with E-state index in [1.54, 1.807) is 0 Å². The monoisotopic (exact) mass is 375 g/mol. The number of likely N-dealkylation sites (tertiary alicyclic amines) is 1. The van der Waals surface area contributed by atoms with Crippen LogP contribution >= 0.6 is 0 Å². The standard InChI is InChI=1S/C22H25N5O/c28-22(24-17-9-2-1-3-10-17)26-14-12-18(15-26)27-20(16-7-4-5-8-16)25-19-11-6-13-23-21(19)27/h1-3,6,9-11,13,16,18H,4-5,7-8,12,14-15H2,(H,24,28). The van der Waals surface area contributed by atoms with Gasteiger partial charge in [-0.05, 0) is 43.5 Å². The van der Waals surface area contributed by atoms with Gasteiger partial charge in [-0.1, -0.05) is 31.0 Å². The average Bonchev–Trinajstić information content (AvgIpc) is 3.46. The Morgan fingerprint density at radius 2 is 1.86 bits per heavy atom. The Morgan fingerprint density at radius 3 is 2.68 bits per heavy atom. The number of benzene rings is 1. The minimum absolute atomic E-state index is 0.0338. The zero-order valence-corrected chi connectivity index (χ0v) is 15.9. The maximum atomic E-state index is 12.7. The van der Waals surface area contributed by atoms with Gasteiger partial charge in [0.1, 0.15) is 11.3 Å². The van der Waals surface area contributed by atoms with Gasteiger partial charge >= 0.3 is 6.03 Å². The van der Waals surface area contributed by atoms with Crippen LogP contribution in [0.1, 0.15) is 49.9 Å². The lowest BCUT2D eigenvalue weighted by Gasteiger charge is -2.21. The highest BCUT2D eigenvalue weighted by molar-refractivity contribution is 5.89. The van der Waals surface area contributed by atoms with Crippen LogP contribution in [0.5, 0.6) is 0 Å². The number of aromatic nitrogens is 3. The molecule has 0 spiro atoms. The molecule has 1 aliphatic carbocycles. The van der Waals surface area contributed by atoms with E-state index in [0.29, 0.717) is 12.5 Å². The molecule has 2 aliphatic rings. The summed E-state index contributed by atoms with van der Waals surface area (Å²) < 4.78 is 2.33. The fourth-order valence-corrected chi connectivity index (χ4v) is 4.64. The zero-order chi connectivity index (χ0) is 18.9. The van der Waals surface area contributed by atoms with Gasteiger partial charge in [0.15, 0.2) is 5.65 Å². The molecule has 2 fully saturated rings. The molecular formula is C22H25N5O. The SMILES string of the molecule is O=C(Nc1ccccc1)N1CCC(n2c(C3CCCC3)nc3cccnc32)C1. The molecule has 6 nitrogen and oxygen atoms in total. The molecule has 28 heavy (non-hydrogen) atoms. The lowest BCUT2D eigenvalue weighted by atomic mass is 10.1. The van der Waals surface area contributed by atoms with Crippen molar-refractivity contribution in [3.63, 3.8) is 0 Å². The topological polar surface area (TPSA) is 63.1 Å². The maximum absolute atomic E-state index is 12.7. The Balaban J connectivity index is 1.40. The first-order valence-corrected chi connectivity index (χ1v) is 10.2. The summed E-state index contributed by atoms with van der Waals surface area (Å²) in [6.45, 7) is 1.44. The van der Waals surface area contributed by atoms with Crippen LogP contribution in [-0.2, 0) is 0 Å². The number of urea groups is 1. The number of nitrogens with zero attached hydrogens (tertiary/aromatic N) is 4. The van der Waals surface area contributed by atoms with Gasteiger partial charge in [-0.3, -0.25) is 0 Å². The number of rotatable bonds is 3. The van der Waals surface area contributed by atoms with Crippen molar-refractivity contribution in [3.05, 3.63) is 54.5 Å². The third-order valence-electron chi connectivity index (χ3n) is 6.04. The number of fused-ring (bicyclic) bond motifs is 1. The van der Waals surface area contributed by atoms with Gasteiger partial charge in [0, 0.05) is 30.9 Å². The number of anilines is 1. The molecular weight excluding hydrogens is 350 g/mol. The van der Waals surface area contributed by atoms with Gasteiger partial charge in [0.25, 0.3) is 0 Å². The Hall–Kier alpha value is -2.89. The average molecular weight is 375 g/mol. The quantitative estimate of drug-likeness (QED) is 0.729. The van der Waals surface area contributed by atoms with E-state index in [4.69, 9.17) is 4.98 Å². The maximum Gasteiger partial charge on any atom is 0.321 e. The van der Waals surface area contributed by atoms with Crippen LogP contribution in [-0.4, -0.2) is 38.6 Å². The summed E-state index contributed by atoms with van der Waals surface area (Å²) in [7, 11) is 0. The Kier molecular flexibility index (Phi) is 4.47. The smallest absolute Gasteiger partial charge is 0.321 e. The fourth-order valence-electron chi connectivity index (χ4n) is 4.64. The predicted molar refractivity (Wildman–Crippen MR) is 109 cm³/mol. The third kappa shape index (κ3) is 3.13. The van der Waals surface area contributed by atoms with Crippen LogP contribution in [0.4, 0.5) is 10.5 Å². The molecule has 0 bridgehead atoms. The predicted octanol–water partition coefficient (Wildman–Crippen LogP) is 4.57. The third-order valence-corrected chi connectivity index (χ3v) is 6.04. The van der Waals surface area contributed by atoms with Gasteiger partial charge in [0.05, 0.1) is 6.04 Å². The van der Waals surface area contributed by atoms with Crippen molar-refractivity contribution in [1.29, 1.82) is 0 Å². The Labute approximate surface area is 164 Å². The normalized spacial score (nSPS) is 20.1. The number of imidazole rings is 1. The number of hydrogen-bond donors (Lipinski definition) is 1. The zero-order valence-electron chi connectivity index (χ0n) is 15.9. The number of hydrogen-bond acceptors (Lipinski definition) is 3. The van der Waals surface area contributed by atoms with Crippen LogP contribution in [0.25, 0.3) is 11.2 Å². The van der Waals surface area contributed by atoms with Crippen molar-refractivity contribution in [1.82, 2.24) is 19.4 Å². The molecule has 5 rings (SSSR count). The summed E-state index contributed by atoms with van der Waals surface area (Å²) in [6.07, 6.45) is 7.73. The lowest BCUT2D eigenvalue weighted by molar-refractivity contribution is 0.221. The van der Waals surface area contributed by atoms with Crippen LogP contribution in [0, 0.1) is 0 Å². The van der Waals surface area contributed by atoms with E-state index in [1.165, 1.54) is 31.5 Å². The van der Waals surface area contributed by atoms with Crippen molar-refractivity contribution < 1.29 is 4.79 Å². The van der Waals surface area contributed by atoms with Crippen molar-refractivity contribution in [2.45, 2.75) is 44.1 Å². The molecule has 144 valence electrons. The minimum Gasteiger partial charge on any atom is -0.322 e. The summed E-state index contributed by atoms with van der Waals surface area (Å²) in [5.41, 5.74) is 2.76. The first kappa shape index (κ1) is 17.2. The van der Waals surface area contributed by atoms with Gasteiger partial charge in [-0.2, -0.15) is 0 Å². The van der Waals surface area contributed by atoms with Crippen molar-refractivity contribution in [2.75, 3.05) is 18.4 Å². The summed E-state index contributed by atoms with van der Waals surface area (Å²) in [5.74, 6) is 1.68. The fraction of sp³-hybridized carbons (Fsp3) is 0.409. The van der Waals surface area contributed by atoms with E-state index < -0.39 is 0 Å². The van der Waals surface area contributed by atoms with Gasteiger partial charge < -0.3 is 14.8 Å². The van der Waals surface area contributed by atoms with E-state index in [9.17, 15) is 4.79 Å². The molecule has 3 heterocycles. The molecule has 1 atom stereocenters. The molecule has 1 aromatic carbocycles. The van der Waals surface area contributed by atoms with Crippen molar-refractivity contribution in [2.24, 2.45) is 0 Å². The molecule has 3 aromatic rings. The number of carbonyl (C=O) groups excluding carboxylic acids is 1.